The van der Waals surface area contributed by atoms with Gasteiger partial charge in [0.15, 0.2) is 11.7 Å². The van der Waals surface area contributed by atoms with E-state index < -0.39 is 0 Å². The molecule has 0 aliphatic carbocycles. The molecule has 27 heavy (non-hydrogen) atoms. The van der Waals surface area contributed by atoms with Crippen molar-refractivity contribution >= 4 is 45.6 Å². The van der Waals surface area contributed by atoms with E-state index in [9.17, 15) is 9.59 Å². The minimum atomic E-state index is -0.303. The lowest BCUT2D eigenvalue weighted by Crippen LogP contribution is -2.20. The molecule has 0 bridgehead atoms. The van der Waals surface area contributed by atoms with Crippen LogP contribution in [0.2, 0.25) is 5.02 Å². The number of anilines is 2. The number of hydrogen-bond donors (Lipinski definition) is 2. The van der Waals surface area contributed by atoms with Crippen molar-refractivity contribution in [3.63, 3.8) is 0 Å². The van der Waals surface area contributed by atoms with Gasteiger partial charge in [0.2, 0.25) is 0 Å². The predicted molar refractivity (Wildman–Crippen MR) is 107 cm³/mol. The molecule has 3 rings (SSSR count). The molecule has 3 aromatic rings. The second kappa shape index (κ2) is 8.66. The molecule has 8 heteroatoms. The summed E-state index contributed by atoms with van der Waals surface area (Å²) in [5.74, 6) is 0.00751. The second-order valence-electron chi connectivity index (χ2n) is 5.62. The summed E-state index contributed by atoms with van der Waals surface area (Å²) in [5, 5.41) is 8.37. The summed E-state index contributed by atoms with van der Waals surface area (Å²) in [4.78, 5) is 28.1. The van der Waals surface area contributed by atoms with Gasteiger partial charge in [-0.25, -0.2) is 4.98 Å². The molecule has 2 amide bonds. The van der Waals surface area contributed by atoms with Crippen LogP contribution in [-0.2, 0) is 4.79 Å². The van der Waals surface area contributed by atoms with Gasteiger partial charge in [0, 0.05) is 27.9 Å². The molecule has 0 spiro atoms. The van der Waals surface area contributed by atoms with Crippen LogP contribution in [0.4, 0.5) is 10.8 Å². The first kappa shape index (κ1) is 18.9. The highest BCUT2D eigenvalue weighted by Gasteiger charge is 2.09. The zero-order valence-corrected chi connectivity index (χ0v) is 15.9. The first-order valence-electron chi connectivity index (χ1n) is 8.01. The van der Waals surface area contributed by atoms with Gasteiger partial charge in [-0.1, -0.05) is 11.6 Å². The first-order chi connectivity index (χ1) is 13.0. The van der Waals surface area contributed by atoms with E-state index >= 15 is 0 Å². The van der Waals surface area contributed by atoms with Crippen LogP contribution in [0.15, 0.2) is 54.0 Å². The van der Waals surface area contributed by atoms with Gasteiger partial charge < -0.3 is 10.1 Å². The summed E-state index contributed by atoms with van der Waals surface area (Å²) in [5.41, 5.74) is 1.92. The quantitative estimate of drug-likeness (QED) is 0.642. The van der Waals surface area contributed by atoms with E-state index in [4.69, 9.17) is 16.3 Å². The smallest absolute Gasteiger partial charge is 0.262 e. The molecule has 2 N–H and O–H groups in total. The number of benzene rings is 2. The fourth-order valence-corrected chi connectivity index (χ4v) is 2.85. The van der Waals surface area contributed by atoms with Crippen LogP contribution in [0.3, 0.4) is 0 Å². The van der Waals surface area contributed by atoms with Crippen molar-refractivity contribution < 1.29 is 14.3 Å². The Morgan fingerprint density at radius 1 is 1.15 bits per heavy atom. The van der Waals surface area contributed by atoms with Crippen LogP contribution in [-0.4, -0.2) is 23.4 Å². The first-order valence-corrected chi connectivity index (χ1v) is 9.27. The standard InChI is InChI=1S/C19H16ClN3O3S/c1-12-10-15(6-7-16(12)20)26-11-17(24)22-14-4-2-13(3-5-14)18(25)23-19-21-8-9-27-19/h2-10H,11H2,1H3,(H,22,24)(H,21,23,25). The number of carbonyl (C=O) groups excluding carboxylic acids is 2. The van der Waals surface area contributed by atoms with E-state index in [1.807, 2.05) is 6.92 Å². The third-order valence-electron chi connectivity index (χ3n) is 3.58. The molecule has 0 aliphatic rings. The van der Waals surface area contributed by atoms with Gasteiger partial charge in [-0.3, -0.25) is 14.9 Å². The predicted octanol–water partition coefficient (Wildman–Crippen LogP) is 4.37. The summed E-state index contributed by atoms with van der Waals surface area (Å²) in [7, 11) is 0. The van der Waals surface area contributed by atoms with E-state index in [0.29, 0.717) is 27.2 Å². The molecule has 138 valence electrons. The third kappa shape index (κ3) is 5.29. The topological polar surface area (TPSA) is 80.3 Å². The molecule has 0 atom stereocenters. The summed E-state index contributed by atoms with van der Waals surface area (Å²) >= 11 is 7.30. The Kier molecular flexibility index (Phi) is 6.05. The highest BCUT2D eigenvalue weighted by Crippen LogP contribution is 2.21. The van der Waals surface area contributed by atoms with Gasteiger partial charge in [0.1, 0.15) is 5.75 Å². The number of hydrogen-bond acceptors (Lipinski definition) is 5. The molecule has 0 fully saturated rings. The van der Waals surface area contributed by atoms with Gasteiger partial charge in [-0.05, 0) is 55.0 Å². The Bertz CT molecular complexity index is 943. The Hall–Kier alpha value is -2.90. The number of ether oxygens (including phenoxy) is 1. The Morgan fingerprint density at radius 2 is 1.93 bits per heavy atom. The molecule has 0 radical (unpaired) electrons. The minimum absolute atomic E-state index is 0.132. The number of rotatable bonds is 6. The summed E-state index contributed by atoms with van der Waals surface area (Å²) in [6.07, 6.45) is 1.62. The summed E-state index contributed by atoms with van der Waals surface area (Å²) < 4.78 is 5.46. The fourth-order valence-electron chi connectivity index (χ4n) is 2.21. The number of aromatic nitrogens is 1. The van der Waals surface area contributed by atoms with Crippen molar-refractivity contribution in [1.29, 1.82) is 0 Å². The van der Waals surface area contributed by atoms with Crippen LogP contribution < -0.4 is 15.4 Å². The van der Waals surface area contributed by atoms with Crippen molar-refractivity contribution in [3.8, 4) is 5.75 Å². The van der Waals surface area contributed by atoms with Crippen LogP contribution in [0.25, 0.3) is 0 Å². The summed E-state index contributed by atoms with van der Waals surface area (Å²) in [6, 6.07) is 11.8. The molecule has 2 aromatic carbocycles. The Morgan fingerprint density at radius 3 is 2.59 bits per heavy atom. The average Bonchev–Trinajstić information content (AvgIpc) is 3.16. The molecule has 1 aromatic heterocycles. The fraction of sp³-hybridized carbons (Fsp3) is 0.105. The molecule has 0 aliphatic heterocycles. The van der Waals surface area contributed by atoms with Crippen molar-refractivity contribution in [2.24, 2.45) is 0 Å². The second-order valence-corrected chi connectivity index (χ2v) is 6.92. The van der Waals surface area contributed by atoms with Gasteiger partial charge in [-0.15, -0.1) is 11.3 Å². The molecular formula is C19H16ClN3O3S. The van der Waals surface area contributed by atoms with Crippen LogP contribution in [0.5, 0.6) is 5.75 Å². The highest BCUT2D eigenvalue weighted by atomic mass is 35.5. The third-order valence-corrected chi connectivity index (χ3v) is 4.70. The maximum atomic E-state index is 12.1. The lowest BCUT2D eigenvalue weighted by Gasteiger charge is -2.09. The van der Waals surface area contributed by atoms with Crippen LogP contribution in [0.1, 0.15) is 15.9 Å². The number of amides is 2. The number of nitrogens with zero attached hydrogens (tertiary/aromatic N) is 1. The van der Waals surface area contributed by atoms with E-state index in [1.165, 1.54) is 11.3 Å². The molecule has 0 saturated carbocycles. The van der Waals surface area contributed by atoms with Gasteiger partial charge in [0.25, 0.3) is 11.8 Å². The number of carbonyl (C=O) groups is 2. The number of halogens is 1. The van der Waals surface area contributed by atoms with Crippen LogP contribution in [0, 0.1) is 6.92 Å². The minimum Gasteiger partial charge on any atom is -0.484 e. The SMILES string of the molecule is Cc1cc(OCC(=O)Nc2ccc(C(=O)Nc3nccs3)cc2)ccc1Cl. The molecule has 1 heterocycles. The van der Waals surface area contributed by atoms with E-state index in [2.05, 4.69) is 15.6 Å². The maximum absolute atomic E-state index is 12.1. The molecule has 0 unspecified atom stereocenters. The number of aryl methyl sites for hydroxylation is 1. The van der Waals surface area contributed by atoms with Crippen molar-refractivity contribution in [2.45, 2.75) is 6.92 Å². The number of nitrogens with one attached hydrogen (secondary N) is 2. The van der Waals surface area contributed by atoms with Crippen molar-refractivity contribution in [1.82, 2.24) is 4.98 Å². The number of thiazole rings is 1. The van der Waals surface area contributed by atoms with E-state index in [0.717, 1.165) is 5.56 Å². The zero-order valence-electron chi connectivity index (χ0n) is 14.4. The molecular weight excluding hydrogens is 386 g/mol. The van der Waals surface area contributed by atoms with Crippen molar-refractivity contribution in [3.05, 3.63) is 70.2 Å². The lowest BCUT2D eigenvalue weighted by molar-refractivity contribution is -0.118. The Balaban J connectivity index is 1.52. The molecule has 6 nitrogen and oxygen atoms in total. The molecule has 0 saturated heterocycles. The van der Waals surface area contributed by atoms with E-state index in [1.54, 1.807) is 54.0 Å². The van der Waals surface area contributed by atoms with Gasteiger partial charge >= 0.3 is 0 Å². The summed E-state index contributed by atoms with van der Waals surface area (Å²) in [6.45, 7) is 1.73. The maximum Gasteiger partial charge on any atom is 0.262 e. The Labute approximate surface area is 165 Å². The van der Waals surface area contributed by atoms with Crippen molar-refractivity contribution in [2.75, 3.05) is 17.2 Å². The van der Waals surface area contributed by atoms with Gasteiger partial charge in [0.05, 0.1) is 0 Å². The van der Waals surface area contributed by atoms with Gasteiger partial charge in [-0.2, -0.15) is 0 Å². The monoisotopic (exact) mass is 401 g/mol. The van der Waals surface area contributed by atoms with Crippen LogP contribution >= 0.6 is 22.9 Å². The normalized spacial score (nSPS) is 10.3. The largest absolute Gasteiger partial charge is 0.484 e. The highest BCUT2D eigenvalue weighted by molar-refractivity contribution is 7.13. The van der Waals surface area contributed by atoms with E-state index in [-0.39, 0.29) is 18.4 Å². The lowest BCUT2D eigenvalue weighted by atomic mass is 10.2. The average molecular weight is 402 g/mol. The zero-order chi connectivity index (χ0) is 19.2.